The monoisotopic (exact) mass is 541 g/mol. The third-order valence-electron chi connectivity index (χ3n) is 6.41. The van der Waals surface area contributed by atoms with Crippen LogP contribution in [0.1, 0.15) is 35.6 Å². The molecule has 1 amide bonds. The molecule has 3 aromatic carbocycles. The van der Waals surface area contributed by atoms with E-state index >= 15 is 0 Å². The highest BCUT2D eigenvalue weighted by molar-refractivity contribution is 6.01. The van der Waals surface area contributed by atoms with Crippen LogP contribution in [0, 0.1) is 0 Å². The van der Waals surface area contributed by atoms with Gasteiger partial charge in [-0.3, -0.25) is 10.2 Å². The van der Waals surface area contributed by atoms with Crippen molar-refractivity contribution in [3.63, 3.8) is 0 Å². The molecule has 1 aliphatic rings. The fourth-order valence-corrected chi connectivity index (χ4v) is 4.37. The molecule has 208 valence electrons. The van der Waals surface area contributed by atoms with E-state index in [1.165, 1.54) is 0 Å². The van der Waals surface area contributed by atoms with Gasteiger partial charge in [-0.1, -0.05) is 60.7 Å². The summed E-state index contributed by atoms with van der Waals surface area (Å²) in [6.45, 7) is 4.58. The highest BCUT2D eigenvalue weighted by atomic mass is 16.5. The van der Waals surface area contributed by atoms with E-state index in [9.17, 15) is 4.79 Å². The number of aliphatic hydroxyl groups excluding tert-OH is 1. The SMILES string of the molecule is C=CCNNC(=O)[C@@]1(C/C=C/c2ccccc2)N=C(c2ccc(OCCCO)cc2)O[C@H]1c1cccc(OC)c1. The third kappa shape index (κ3) is 6.97. The smallest absolute Gasteiger partial charge is 0.266 e. The molecule has 1 heterocycles. The Labute approximate surface area is 235 Å². The predicted octanol–water partition coefficient (Wildman–Crippen LogP) is 4.62. The van der Waals surface area contributed by atoms with Gasteiger partial charge in [-0.25, -0.2) is 10.4 Å². The first kappa shape index (κ1) is 28.6. The van der Waals surface area contributed by atoms with Crippen molar-refractivity contribution in [3.8, 4) is 11.5 Å². The Morgan fingerprint density at radius 3 is 2.62 bits per heavy atom. The molecule has 8 nitrogen and oxygen atoms in total. The molecule has 8 heteroatoms. The normalized spacial score (nSPS) is 18.1. The minimum Gasteiger partial charge on any atom is -0.497 e. The molecule has 1 aliphatic heterocycles. The Bertz CT molecular complexity index is 1320. The zero-order chi connectivity index (χ0) is 28.2. The van der Waals surface area contributed by atoms with Gasteiger partial charge in [0.15, 0.2) is 11.6 Å². The van der Waals surface area contributed by atoms with Crippen LogP contribution in [0.3, 0.4) is 0 Å². The van der Waals surface area contributed by atoms with Gasteiger partial charge in [0.2, 0.25) is 5.90 Å². The Morgan fingerprint density at radius 1 is 1.10 bits per heavy atom. The third-order valence-corrected chi connectivity index (χ3v) is 6.41. The van der Waals surface area contributed by atoms with E-state index in [4.69, 9.17) is 24.3 Å². The minimum atomic E-state index is -1.32. The number of hydrogen-bond donors (Lipinski definition) is 3. The number of carbonyl (C=O) groups excluding carboxylic acids is 1. The van der Waals surface area contributed by atoms with E-state index in [1.54, 1.807) is 13.2 Å². The maximum atomic E-state index is 13.9. The molecule has 2 atom stereocenters. The molecule has 4 rings (SSSR count). The van der Waals surface area contributed by atoms with Crippen LogP contribution < -0.4 is 20.3 Å². The predicted molar refractivity (Wildman–Crippen MR) is 156 cm³/mol. The number of nitrogens with zero attached hydrogens (tertiary/aromatic N) is 1. The number of hydrazine groups is 1. The number of ether oxygens (including phenoxy) is 3. The molecular formula is C32H35N3O5. The molecule has 3 aromatic rings. The molecule has 3 N–H and O–H groups in total. The van der Waals surface area contributed by atoms with Crippen LogP contribution in [0.4, 0.5) is 0 Å². The number of aliphatic hydroxyl groups is 1. The summed E-state index contributed by atoms with van der Waals surface area (Å²) < 4.78 is 17.6. The molecule has 0 fully saturated rings. The maximum Gasteiger partial charge on any atom is 0.266 e. The first-order valence-electron chi connectivity index (χ1n) is 13.2. The molecule has 0 aromatic heterocycles. The highest BCUT2D eigenvalue weighted by Gasteiger charge is 2.52. The number of carbonyl (C=O) groups is 1. The lowest BCUT2D eigenvalue weighted by molar-refractivity contribution is -0.129. The van der Waals surface area contributed by atoms with Crippen LogP contribution in [0.5, 0.6) is 11.5 Å². The number of benzene rings is 3. The van der Waals surface area contributed by atoms with Gasteiger partial charge < -0.3 is 19.3 Å². The van der Waals surface area contributed by atoms with Crippen molar-refractivity contribution in [1.29, 1.82) is 0 Å². The number of nitrogens with one attached hydrogen (secondary N) is 2. The van der Waals surface area contributed by atoms with E-state index in [0.717, 1.165) is 11.1 Å². The number of rotatable bonds is 14. The Morgan fingerprint density at radius 2 is 1.90 bits per heavy atom. The molecule has 0 bridgehead atoms. The van der Waals surface area contributed by atoms with E-state index in [2.05, 4.69) is 17.4 Å². The molecule has 0 aliphatic carbocycles. The number of hydrogen-bond acceptors (Lipinski definition) is 7. The minimum absolute atomic E-state index is 0.0684. The van der Waals surface area contributed by atoms with Crippen molar-refractivity contribution < 1.29 is 24.1 Å². The average molecular weight is 542 g/mol. The van der Waals surface area contributed by atoms with Crippen LogP contribution in [-0.4, -0.2) is 49.3 Å². The second-order valence-corrected chi connectivity index (χ2v) is 9.21. The fraction of sp³-hybridized carbons (Fsp3) is 0.250. The summed E-state index contributed by atoms with van der Waals surface area (Å²) in [5.41, 5.74) is 6.86. The van der Waals surface area contributed by atoms with Crippen molar-refractivity contribution in [1.82, 2.24) is 10.9 Å². The van der Waals surface area contributed by atoms with Gasteiger partial charge >= 0.3 is 0 Å². The lowest BCUT2D eigenvalue weighted by Crippen LogP contribution is -2.52. The maximum absolute atomic E-state index is 13.9. The average Bonchev–Trinajstić information content (AvgIpc) is 3.39. The zero-order valence-corrected chi connectivity index (χ0v) is 22.6. The lowest BCUT2D eigenvalue weighted by atomic mass is 9.84. The molecule has 0 unspecified atom stereocenters. The van der Waals surface area contributed by atoms with Gasteiger partial charge in [0.1, 0.15) is 11.5 Å². The molecule has 0 radical (unpaired) electrons. The Hall–Kier alpha value is -4.40. The topological polar surface area (TPSA) is 101 Å². The van der Waals surface area contributed by atoms with Gasteiger partial charge in [0, 0.05) is 31.6 Å². The van der Waals surface area contributed by atoms with Crippen molar-refractivity contribution >= 4 is 17.9 Å². The van der Waals surface area contributed by atoms with E-state index in [1.807, 2.05) is 91.0 Å². The molecule has 0 saturated heterocycles. The van der Waals surface area contributed by atoms with Crippen LogP contribution in [0.2, 0.25) is 0 Å². The summed E-state index contributed by atoms with van der Waals surface area (Å²) in [6, 6.07) is 24.7. The van der Waals surface area contributed by atoms with E-state index in [-0.39, 0.29) is 18.9 Å². The fourth-order valence-electron chi connectivity index (χ4n) is 4.37. The van der Waals surface area contributed by atoms with Crippen molar-refractivity contribution in [2.24, 2.45) is 4.99 Å². The summed E-state index contributed by atoms with van der Waals surface area (Å²) >= 11 is 0. The highest BCUT2D eigenvalue weighted by Crippen LogP contribution is 2.43. The van der Waals surface area contributed by atoms with Gasteiger partial charge in [-0.15, -0.1) is 6.58 Å². The molecule has 0 saturated carbocycles. The summed E-state index contributed by atoms with van der Waals surface area (Å²) in [5.74, 6) is 1.34. The summed E-state index contributed by atoms with van der Waals surface area (Å²) in [4.78, 5) is 18.9. The van der Waals surface area contributed by atoms with Crippen molar-refractivity contribution in [2.75, 3.05) is 26.9 Å². The molecular weight excluding hydrogens is 506 g/mol. The second-order valence-electron chi connectivity index (χ2n) is 9.21. The van der Waals surface area contributed by atoms with Crippen molar-refractivity contribution in [3.05, 3.63) is 114 Å². The van der Waals surface area contributed by atoms with Gasteiger partial charge in [-0.2, -0.15) is 0 Å². The summed E-state index contributed by atoms with van der Waals surface area (Å²) in [7, 11) is 1.60. The van der Waals surface area contributed by atoms with E-state index in [0.29, 0.717) is 42.5 Å². The Kier molecular flexibility index (Phi) is 10.1. The van der Waals surface area contributed by atoms with Gasteiger partial charge in [0.05, 0.1) is 13.7 Å². The second kappa shape index (κ2) is 14.1. The van der Waals surface area contributed by atoms with E-state index < -0.39 is 11.6 Å². The molecule has 0 spiro atoms. The molecule has 40 heavy (non-hydrogen) atoms. The largest absolute Gasteiger partial charge is 0.497 e. The van der Waals surface area contributed by atoms with Crippen LogP contribution >= 0.6 is 0 Å². The summed E-state index contributed by atoms with van der Waals surface area (Å²) in [5, 5.41) is 9.01. The first-order valence-corrected chi connectivity index (χ1v) is 13.2. The van der Waals surface area contributed by atoms with Crippen LogP contribution in [0.15, 0.2) is 103 Å². The van der Waals surface area contributed by atoms with Gasteiger partial charge in [-0.05, 0) is 47.5 Å². The number of aliphatic imine (C=N–C) groups is 1. The number of methoxy groups -OCH3 is 1. The lowest BCUT2D eigenvalue weighted by Gasteiger charge is -2.30. The van der Waals surface area contributed by atoms with Crippen LogP contribution in [0.25, 0.3) is 6.08 Å². The quantitative estimate of drug-likeness (QED) is 0.156. The van der Waals surface area contributed by atoms with Crippen molar-refractivity contribution in [2.45, 2.75) is 24.5 Å². The van der Waals surface area contributed by atoms with Crippen LogP contribution in [-0.2, 0) is 9.53 Å². The standard InChI is InChI=1S/C32H35N3O5/c1-3-20-33-35-31(37)32(19-8-12-24-10-5-4-6-11-24)29(26-13-7-14-28(23-26)38-2)40-30(34-32)25-15-17-27(18-16-25)39-22-9-21-36/h3-8,10-18,23,29,33,36H,1,9,19-22H2,2H3,(H,35,37)/b12-8+/t29-,32-/m0/s1. The van der Waals surface area contributed by atoms with Gasteiger partial charge in [0.25, 0.3) is 5.91 Å². The summed E-state index contributed by atoms with van der Waals surface area (Å²) in [6.07, 6.45) is 5.67. The zero-order valence-electron chi connectivity index (χ0n) is 22.6. The Balaban J connectivity index is 1.74. The number of amides is 1. The first-order chi connectivity index (χ1) is 19.6.